The molecule has 0 saturated carbocycles. The Labute approximate surface area is 377 Å². The van der Waals surface area contributed by atoms with Crippen LogP contribution in [0.3, 0.4) is 0 Å². The third kappa shape index (κ3) is 6.60. The number of nitrogens with zero attached hydrogens (tertiary/aromatic N) is 2. The van der Waals surface area contributed by atoms with Gasteiger partial charge in [-0.15, -0.1) is 0 Å². The van der Waals surface area contributed by atoms with E-state index in [1.54, 1.807) is 0 Å². The maximum absolute atomic E-state index is 7.44. The van der Waals surface area contributed by atoms with Gasteiger partial charge < -0.3 is 14.2 Å². The lowest BCUT2D eigenvalue weighted by Gasteiger charge is -2.46. The van der Waals surface area contributed by atoms with E-state index >= 15 is 0 Å². The van der Waals surface area contributed by atoms with Crippen molar-refractivity contribution >= 4 is 68.4 Å². The molecule has 3 nitrogen and oxygen atoms in total. The van der Waals surface area contributed by atoms with E-state index in [4.69, 9.17) is 4.42 Å². The molecule has 0 fully saturated rings. The first-order chi connectivity index (χ1) is 29.5. The summed E-state index contributed by atoms with van der Waals surface area (Å²) in [5.41, 5.74) is 22.3. The predicted octanol–water partition coefficient (Wildman–Crippen LogP) is 14.7. The van der Waals surface area contributed by atoms with E-state index in [1.807, 2.05) is 0 Å². The number of hydrogen-bond acceptors (Lipinski definition) is 3. The number of anilines is 6. The van der Waals surface area contributed by atoms with Crippen molar-refractivity contribution in [3.05, 3.63) is 149 Å². The first-order valence-electron chi connectivity index (χ1n) is 23.3. The second-order valence-corrected chi connectivity index (χ2v) is 23.5. The Kier molecular flexibility index (Phi) is 9.07. The standard InChI is InChI=1S/C59H65BN2O/c1-36-30-49-52-50(31-36)62(47-26-22-39(56(5,6)7)32-42(47)37-18-16-15-17-19-37)53-43-33-40(57(8,9)10)23-27-51(43)63-54(53)60(52)46-34-44-45(59(13,14)29-28-58(44,11)12)35-48(46)61(49)41-24-20-38(21-25-41)55(2,3)4/h15-27,30-35H,28-29H2,1-14H3. The van der Waals surface area contributed by atoms with Crippen LogP contribution in [0.15, 0.2) is 120 Å². The van der Waals surface area contributed by atoms with Gasteiger partial charge in [0, 0.05) is 33.7 Å². The lowest BCUT2D eigenvalue weighted by atomic mass is 9.35. The van der Waals surface area contributed by atoms with Crippen LogP contribution in [-0.2, 0) is 27.1 Å². The monoisotopic (exact) mass is 829 g/mol. The molecule has 0 radical (unpaired) electrons. The average Bonchev–Trinajstić information content (AvgIpc) is 3.60. The van der Waals surface area contributed by atoms with Gasteiger partial charge in [-0.25, -0.2) is 0 Å². The molecule has 0 atom stereocenters. The van der Waals surface area contributed by atoms with Gasteiger partial charge in [-0.05, 0) is 151 Å². The van der Waals surface area contributed by atoms with Crippen LogP contribution in [0.25, 0.3) is 22.1 Å². The summed E-state index contributed by atoms with van der Waals surface area (Å²) in [6, 6.07) is 44.6. The molecule has 10 rings (SSSR count). The second-order valence-electron chi connectivity index (χ2n) is 23.5. The molecule has 3 aliphatic rings. The third-order valence-corrected chi connectivity index (χ3v) is 14.8. The first kappa shape index (κ1) is 41.5. The third-order valence-electron chi connectivity index (χ3n) is 14.8. The van der Waals surface area contributed by atoms with E-state index in [0.29, 0.717) is 0 Å². The zero-order valence-electron chi connectivity index (χ0n) is 40.3. The van der Waals surface area contributed by atoms with Crippen LogP contribution >= 0.6 is 0 Å². The number of benzene rings is 6. The molecule has 4 heteroatoms. The molecule has 0 bridgehead atoms. The van der Waals surface area contributed by atoms with E-state index < -0.39 is 0 Å². The topological polar surface area (TPSA) is 19.6 Å². The summed E-state index contributed by atoms with van der Waals surface area (Å²) in [5, 5.41) is 1.16. The molecule has 320 valence electrons. The van der Waals surface area contributed by atoms with Crippen molar-refractivity contribution in [3.63, 3.8) is 0 Å². The van der Waals surface area contributed by atoms with Gasteiger partial charge in [0.1, 0.15) is 5.58 Å². The Balaban J connectivity index is 1.35. The fourth-order valence-electron chi connectivity index (χ4n) is 10.8. The summed E-state index contributed by atoms with van der Waals surface area (Å²) in [4.78, 5) is 5.18. The van der Waals surface area contributed by atoms with Crippen molar-refractivity contribution in [2.75, 3.05) is 9.80 Å². The summed E-state index contributed by atoms with van der Waals surface area (Å²) < 4.78 is 7.44. The summed E-state index contributed by atoms with van der Waals surface area (Å²) in [6.45, 7) is 32.8. The average molecular weight is 829 g/mol. The van der Waals surface area contributed by atoms with Crippen LogP contribution in [0, 0.1) is 6.92 Å². The molecule has 1 aliphatic carbocycles. The van der Waals surface area contributed by atoms with Gasteiger partial charge in [-0.3, -0.25) is 0 Å². The minimum Gasteiger partial charge on any atom is -0.468 e. The van der Waals surface area contributed by atoms with Crippen molar-refractivity contribution in [1.29, 1.82) is 0 Å². The maximum atomic E-state index is 7.44. The number of hydrogen-bond donors (Lipinski definition) is 0. The highest BCUT2D eigenvalue weighted by Crippen LogP contribution is 2.53. The van der Waals surface area contributed by atoms with Gasteiger partial charge in [0.05, 0.1) is 17.0 Å². The molecule has 0 N–H and O–H groups in total. The number of aryl methyl sites for hydroxylation is 1. The lowest BCUT2D eigenvalue weighted by molar-refractivity contribution is 0.332. The van der Waals surface area contributed by atoms with Crippen molar-refractivity contribution in [1.82, 2.24) is 0 Å². The Morgan fingerprint density at radius 1 is 0.540 bits per heavy atom. The van der Waals surface area contributed by atoms with Gasteiger partial charge >= 0.3 is 0 Å². The van der Waals surface area contributed by atoms with E-state index in [-0.39, 0.29) is 33.8 Å². The molecule has 0 amide bonds. The van der Waals surface area contributed by atoms with Gasteiger partial charge in [0.15, 0.2) is 0 Å². The van der Waals surface area contributed by atoms with Crippen LogP contribution in [0.2, 0.25) is 0 Å². The van der Waals surface area contributed by atoms with Crippen LogP contribution in [0.5, 0.6) is 0 Å². The van der Waals surface area contributed by atoms with Crippen LogP contribution in [0.4, 0.5) is 34.1 Å². The van der Waals surface area contributed by atoms with Crippen molar-refractivity contribution in [3.8, 4) is 11.1 Å². The Bertz CT molecular complexity index is 2960. The summed E-state index contributed by atoms with van der Waals surface area (Å²) in [7, 11) is 0. The van der Waals surface area contributed by atoms with E-state index in [9.17, 15) is 0 Å². The zero-order chi connectivity index (χ0) is 44.8. The molecule has 6 aromatic carbocycles. The summed E-state index contributed by atoms with van der Waals surface area (Å²) >= 11 is 0. The Morgan fingerprint density at radius 3 is 1.71 bits per heavy atom. The number of fused-ring (bicyclic) bond motifs is 7. The maximum Gasteiger partial charge on any atom is 0.297 e. The minimum absolute atomic E-state index is 0.0269. The summed E-state index contributed by atoms with van der Waals surface area (Å²) in [6.07, 6.45) is 2.31. The van der Waals surface area contributed by atoms with E-state index in [2.05, 4.69) is 222 Å². The van der Waals surface area contributed by atoms with Gasteiger partial charge in [-0.1, -0.05) is 151 Å². The van der Waals surface area contributed by atoms with Crippen molar-refractivity contribution in [2.45, 2.75) is 137 Å². The van der Waals surface area contributed by atoms with Crippen molar-refractivity contribution in [2.24, 2.45) is 0 Å². The highest BCUT2D eigenvalue weighted by Gasteiger charge is 2.49. The van der Waals surface area contributed by atoms with Crippen LogP contribution in [0.1, 0.15) is 136 Å². The SMILES string of the molecule is Cc1cc2c3c(c1)N(c1ccc(C(C)(C)C)cc1-c1ccccc1)c1c(oc4ccc(C(C)(C)C)cc14)B3c1cc3c(cc1N2c1ccc(C(C)(C)C)cc1)C(C)(C)CCC3(C)C. The molecule has 0 unspecified atom stereocenters. The largest absolute Gasteiger partial charge is 0.468 e. The number of furan rings is 1. The smallest absolute Gasteiger partial charge is 0.297 e. The highest BCUT2D eigenvalue weighted by atomic mass is 16.3. The molecular weight excluding hydrogens is 763 g/mol. The van der Waals surface area contributed by atoms with E-state index in [1.165, 1.54) is 78.2 Å². The molecular formula is C59H65BN2O. The molecule has 0 saturated heterocycles. The summed E-state index contributed by atoms with van der Waals surface area (Å²) in [5.74, 6) is 0. The first-order valence-corrected chi connectivity index (χ1v) is 23.3. The molecule has 7 aromatic rings. The Morgan fingerprint density at radius 2 is 1.10 bits per heavy atom. The number of rotatable bonds is 3. The van der Waals surface area contributed by atoms with Crippen LogP contribution in [-0.4, -0.2) is 6.71 Å². The molecule has 2 aliphatic heterocycles. The van der Waals surface area contributed by atoms with E-state index in [0.717, 1.165) is 40.8 Å². The predicted molar refractivity (Wildman–Crippen MR) is 272 cm³/mol. The molecule has 63 heavy (non-hydrogen) atoms. The zero-order valence-corrected chi connectivity index (χ0v) is 40.3. The van der Waals surface area contributed by atoms with Gasteiger partial charge in [0.2, 0.25) is 0 Å². The Hall–Kier alpha value is -5.48. The second kappa shape index (κ2) is 13.8. The fourth-order valence-corrected chi connectivity index (χ4v) is 10.8. The van der Waals surface area contributed by atoms with Gasteiger partial charge in [0.25, 0.3) is 6.71 Å². The normalized spacial score (nSPS) is 16.4. The fraction of sp³-hybridized carbons (Fsp3) is 0.356. The highest BCUT2D eigenvalue weighted by molar-refractivity contribution is 7.00. The lowest BCUT2D eigenvalue weighted by Crippen LogP contribution is -2.61. The molecule has 1 aromatic heterocycles. The molecule has 0 spiro atoms. The quantitative estimate of drug-likeness (QED) is 0.165. The van der Waals surface area contributed by atoms with Gasteiger partial charge in [-0.2, -0.15) is 0 Å². The van der Waals surface area contributed by atoms with Crippen LogP contribution < -0.4 is 26.4 Å². The molecule has 3 heterocycles. The minimum atomic E-state index is -0.118. The van der Waals surface area contributed by atoms with Crippen molar-refractivity contribution < 1.29 is 4.42 Å².